The summed E-state index contributed by atoms with van der Waals surface area (Å²) in [4.78, 5) is 4.58. The zero-order valence-electron chi connectivity index (χ0n) is 19.2. The molecule has 3 unspecified atom stereocenters. The van der Waals surface area contributed by atoms with Gasteiger partial charge in [0.05, 0.1) is 25.4 Å². The maximum Gasteiger partial charge on any atom is 0.0936 e. The molecule has 0 aliphatic carbocycles. The molecule has 7 heteroatoms. The Morgan fingerprint density at radius 2 is 1.29 bits per heavy atom. The smallest absolute Gasteiger partial charge is 0.0936 e. The Morgan fingerprint density at radius 3 is 1.75 bits per heavy atom. The fourth-order valence-electron chi connectivity index (χ4n) is 3.18. The average molecular weight is 448 g/mol. The highest BCUT2D eigenvalue weighted by Gasteiger charge is 2.17. The lowest BCUT2D eigenvalue weighted by Gasteiger charge is -2.28. The quantitative estimate of drug-likeness (QED) is 0.343. The molecule has 174 valence electrons. The summed E-state index contributed by atoms with van der Waals surface area (Å²) in [7, 11) is 0. The van der Waals surface area contributed by atoms with Gasteiger partial charge in [-0.15, -0.1) is 24.8 Å². The van der Waals surface area contributed by atoms with Crippen molar-refractivity contribution in [2.45, 2.75) is 73.0 Å². The lowest BCUT2D eigenvalue weighted by atomic mass is 10.0. The molecule has 0 saturated carbocycles. The highest BCUT2D eigenvalue weighted by atomic mass is 35.5. The zero-order chi connectivity index (χ0) is 19.8. The molecule has 0 spiro atoms. The number of aliphatic hydroxyl groups is 1. The summed E-state index contributed by atoms with van der Waals surface area (Å²) in [6, 6.07) is 0. The molecule has 0 aliphatic heterocycles. The van der Waals surface area contributed by atoms with E-state index in [4.69, 9.17) is 9.47 Å². The van der Waals surface area contributed by atoms with Crippen molar-refractivity contribution in [2.75, 3.05) is 59.1 Å². The largest absolute Gasteiger partial charge is 0.389 e. The predicted octanol–water partition coefficient (Wildman–Crippen LogP) is 4.10. The van der Waals surface area contributed by atoms with E-state index in [0.717, 1.165) is 45.8 Å². The number of rotatable bonds is 18. The third-order valence-corrected chi connectivity index (χ3v) is 5.18. The fraction of sp³-hybridized carbons (Fsp3) is 1.00. The van der Waals surface area contributed by atoms with Crippen molar-refractivity contribution < 1.29 is 14.6 Å². The Labute approximate surface area is 187 Å². The number of hydrogen-bond donors (Lipinski definition) is 1. The molecule has 5 nitrogen and oxygen atoms in total. The SMILES string of the molecule is CCCC(CC)COCC(CN(CC)CC)OCC(O)CN(CC)CC.Cl.Cl. The van der Waals surface area contributed by atoms with E-state index in [2.05, 4.69) is 51.3 Å². The topological polar surface area (TPSA) is 45.2 Å². The van der Waals surface area contributed by atoms with Crippen LogP contribution >= 0.6 is 24.8 Å². The number of aliphatic hydroxyl groups excluding tert-OH is 1. The normalized spacial score (nSPS) is 14.5. The van der Waals surface area contributed by atoms with Crippen molar-refractivity contribution in [1.82, 2.24) is 9.80 Å². The summed E-state index contributed by atoms with van der Waals surface area (Å²) in [6.07, 6.45) is 3.16. The van der Waals surface area contributed by atoms with Gasteiger partial charge in [0.1, 0.15) is 0 Å². The van der Waals surface area contributed by atoms with Crippen LogP contribution in [-0.4, -0.2) is 86.2 Å². The van der Waals surface area contributed by atoms with E-state index in [1.165, 1.54) is 12.8 Å². The van der Waals surface area contributed by atoms with Gasteiger partial charge < -0.3 is 24.4 Å². The molecular weight excluding hydrogens is 399 g/mol. The first-order chi connectivity index (χ1) is 12.5. The first kappa shape index (κ1) is 33.0. The van der Waals surface area contributed by atoms with E-state index in [-0.39, 0.29) is 30.9 Å². The molecule has 0 fully saturated rings. The van der Waals surface area contributed by atoms with Crippen molar-refractivity contribution >= 4 is 24.8 Å². The highest BCUT2D eigenvalue weighted by molar-refractivity contribution is 5.85. The van der Waals surface area contributed by atoms with E-state index >= 15 is 0 Å². The van der Waals surface area contributed by atoms with Crippen molar-refractivity contribution in [2.24, 2.45) is 5.92 Å². The lowest BCUT2D eigenvalue weighted by Crippen LogP contribution is -2.40. The van der Waals surface area contributed by atoms with Gasteiger partial charge in [-0.1, -0.05) is 54.4 Å². The van der Waals surface area contributed by atoms with Crippen LogP contribution < -0.4 is 0 Å². The molecule has 0 heterocycles. The number of hydrogen-bond acceptors (Lipinski definition) is 5. The summed E-state index contributed by atoms with van der Waals surface area (Å²) < 4.78 is 12.1. The van der Waals surface area contributed by atoms with E-state index in [0.29, 0.717) is 25.7 Å². The molecule has 0 aromatic carbocycles. The van der Waals surface area contributed by atoms with Crippen LogP contribution in [0, 0.1) is 5.92 Å². The summed E-state index contributed by atoms with van der Waals surface area (Å²) in [5, 5.41) is 10.3. The van der Waals surface area contributed by atoms with Gasteiger partial charge in [0.25, 0.3) is 0 Å². The summed E-state index contributed by atoms with van der Waals surface area (Å²) in [6.45, 7) is 20.3. The van der Waals surface area contributed by atoms with Gasteiger partial charge in [-0.3, -0.25) is 0 Å². The monoisotopic (exact) mass is 446 g/mol. The Balaban J connectivity index is -0.00000312. The summed E-state index contributed by atoms with van der Waals surface area (Å²) >= 11 is 0. The minimum Gasteiger partial charge on any atom is -0.389 e. The standard InChI is InChI=1S/C21H46N2O3.2ClH/c1-7-13-19(8-2)16-25-18-21(15-23(11-5)12-6)26-17-20(24)14-22(9-3)10-4;;/h19-21,24H,7-18H2,1-6H3;2*1H. The molecule has 0 radical (unpaired) electrons. The molecule has 0 saturated heterocycles. The van der Waals surface area contributed by atoms with Gasteiger partial charge >= 0.3 is 0 Å². The molecule has 0 aromatic heterocycles. The van der Waals surface area contributed by atoms with E-state index < -0.39 is 6.10 Å². The number of ether oxygens (including phenoxy) is 2. The fourth-order valence-corrected chi connectivity index (χ4v) is 3.18. The van der Waals surface area contributed by atoms with Gasteiger partial charge in [-0.2, -0.15) is 0 Å². The van der Waals surface area contributed by atoms with Crippen molar-refractivity contribution in [3.05, 3.63) is 0 Å². The van der Waals surface area contributed by atoms with E-state index in [9.17, 15) is 5.11 Å². The maximum atomic E-state index is 10.3. The second-order valence-corrected chi connectivity index (χ2v) is 7.18. The Bertz CT molecular complexity index is 307. The lowest BCUT2D eigenvalue weighted by molar-refractivity contribution is -0.0686. The number of likely N-dealkylation sites (N-methyl/N-ethyl adjacent to an activating group) is 2. The third-order valence-electron chi connectivity index (χ3n) is 5.18. The van der Waals surface area contributed by atoms with Gasteiger partial charge in [-0.25, -0.2) is 0 Å². The van der Waals surface area contributed by atoms with Crippen LogP contribution in [0.4, 0.5) is 0 Å². The van der Waals surface area contributed by atoms with Crippen molar-refractivity contribution in [3.8, 4) is 0 Å². The Morgan fingerprint density at radius 1 is 0.750 bits per heavy atom. The van der Waals surface area contributed by atoms with Crippen LogP contribution in [0.3, 0.4) is 0 Å². The van der Waals surface area contributed by atoms with Gasteiger partial charge in [0.2, 0.25) is 0 Å². The van der Waals surface area contributed by atoms with Crippen molar-refractivity contribution in [3.63, 3.8) is 0 Å². The Hall–Kier alpha value is 0.380. The van der Waals surface area contributed by atoms with E-state index in [1.807, 2.05) is 0 Å². The molecular formula is C21H48Cl2N2O3. The first-order valence-electron chi connectivity index (χ1n) is 10.9. The molecule has 0 rings (SSSR count). The molecule has 0 aromatic rings. The van der Waals surface area contributed by atoms with Crippen molar-refractivity contribution in [1.29, 1.82) is 0 Å². The van der Waals surface area contributed by atoms with Crippen LogP contribution in [0.1, 0.15) is 60.8 Å². The molecule has 1 N–H and O–H groups in total. The predicted molar refractivity (Wildman–Crippen MR) is 125 cm³/mol. The second-order valence-electron chi connectivity index (χ2n) is 7.18. The zero-order valence-corrected chi connectivity index (χ0v) is 20.8. The van der Waals surface area contributed by atoms with Crippen LogP contribution in [-0.2, 0) is 9.47 Å². The first-order valence-corrected chi connectivity index (χ1v) is 10.9. The minimum atomic E-state index is -0.447. The molecule has 3 atom stereocenters. The van der Waals surface area contributed by atoms with Gasteiger partial charge in [0.15, 0.2) is 0 Å². The number of halogens is 2. The third kappa shape index (κ3) is 16.2. The van der Waals surface area contributed by atoms with Crippen LogP contribution in [0.25, 0.3) is 0 Å². The Kier molecular flexibility index (Phi) is 26.0. The van der Waals surface area contributed by atoms with Crippen LogP contribution in [0.15, 0.2) is 0 Å². The molecule has 0 amide bonds. The average Bonchev–Trinajstić information content (AvgIpc) is 2.66. The van der Waals surface area contributed by atoms with Gasteiger partial charge in [0, 0.05) is 19.7 Å². The summed E-state index contributed by atoms with van der Waals surface area (Å²) in [5.41, 5.74) is 0. The van der Waals surface area contributed by atoms with Crippen LogP contribution in [0.2, 0.25) is 0 Å². The van der Waals surface area contributed by atoms with E-state index in [1.54, 1.807) is 0 Å². The minimum absolute atomic E-state index is 0. The molecule has 0 aliphatic rings. The maximum absolute atomic E-state index is 10.3. The second kappa shape index (κ2) is 22.1. The summed E-state index contributed by atoms with van der Waals surface area (Å²) in [5.74, 6) is 0.641. The highest BCUT2D eigenvalue weighted by Crippen LogP contribution is 2.11. The number of nitrogens with zero attached hydrogens (tertiary/aromatic N) is 2. The molecule has 28 heavy (non-hydrogen) atoms. The van der Waals surface area contributed by atoms with Crippen LogP contribution in [0.5, 0.6) is 0 Å². The van der Waals surface area contributed by atoms with Gasteiger partial charge in [-0.05, 0) is 38.5 Å². The molecule has 0 bridgehead atoms.